The highest BCUT2D eigenvalue weighted by Crippen LogP contribution is 2.22. The number of aliphatic carboxylic acids is 1. The molecule has 2 N–H and O–H groups in total. The monoisotopic (exact) mass is 222 g/mol. The molecular formula is C10H10N2O4. The van der Waals surface area contributed by atoms with Crippen LogP contribution in [0.3, 0.4) is 0 Å². The Morgan fingerprint density at radius 3 is 2.88 bits per heavy atom. The molecule has 0 saturated heterocycles. The number of hydrogen-bond acceptors (Lipinski definition) is 4. The molecule has 0 fully saturated rings. The van der Waals surface area contributed by atoms with Crippen LogP contribution in [-0.2, 0) is 17.8 Å². The van der Waals surface area contributed by atoms with Crippen LogP contribution in [0.15, 0.2) is 18.2 Å². The Labute approximate surface area is 91.0 Å². The number of non-ortho nitro benzene ring substituents is 1. The SMILES string of the molecule is O=C(O)[C@H]1Cc2ccc([N+](=O)[O-])cc2CN1. The fourth-order valence-electron chi connectivity index (χ4n) is 1.79. The van der Waals surface area contributed by atoms with Crippen molar-refractivity contribution in [2.24, 2.45) is 0 Å². The molecule has 1 aliphatic rings. The summed E-state index contributed by atoms with van der Waals surface area (Å²) in [5.41, 5.74) is 1.69. The van der Waals surface area contributed by atoms with Crippen molar-refractivity contribution in [2.45, 2.75) is 19.0 Å². The normalized spacial score (nSPS) is 18.9. The molecule has 1 aromatic carbocycles. The van der Waals surface area contributed by atoms with Gasteiger partial charge in [0.25, 0.3) is 5.69 Å². The maximum atomic E-state index is 10.8. The van der Waals surface area contributed by atoms with Crippen LogP contribution in [0, 0.1) is 10.1 Å². The van der Waals surface area contributed by atoms with Gasteiger partial charge < -0.3 is 10.4 Å². The van der Waals surface area contributed by atoms with Gasteiger partial charge in [0, 0.05) is 18.7 Å². The first-order chi connectivity index (χ1) is 7.58. The fourth-order valence-corrected chi connectivity index (χ4v) is 1.79. The zero-order chi connectivity index (χ0) is 11.7. The van der Waals surface area contributed by atoms with Gasteiger partial charge in [-0.25, -0.2) is 0 Å². The Bertz CT molecular complexity index is 458. The molecule has 84 valence electrons. The molecule has 16 heavy (non-hydrogen) atoms. The van der Waals surface area contributed by atoms with E-state index in [1.807, 2.05) is 0 Å². The molecular weight excluding hydrogens is 212 g/mol. The van der Waals surface area contributed by atoms with E-state index in [2.05, 4.69) is 5.32 Å². The predicted octanol–water partition coefficient (Wildman–Crippen LogP) is 0.694. The van der Waals surface area contributed by atoms with Gasteiger partial charge in [-0.3, -0.25) is 14.9 Å². The minimum absolute atomic E-state index is 0.0364. The van der Waals surface area contributed by atoms with Crippen LogP contribution < -0.4 is 5.32 Å². The summed E-state index contributed by atoms with van der Waals surface area (Å²) in [6.45, 7) is 0.355. The zero-order valence-corrected chi connectivity index (χ0v) is 8.34. The third-order valence-corrected chi connectivity index (χ3v) is 2.66. The van der Waals surface area contributed by atoms with E-state index in [9.17, 15) is 14.9 Å². The van der Waals surface area contributed by atoms with E-state index in [4.69, 9.17) is 5.11 Å². The van der Waals surface area contributed by atoms with Crippen molar-refractivity contribution in [2.75, 3.05) is 0 Å². The summed E-state index contributed by atoms with van der Waals surface area (Å²) in [4.78, 5) is 20.9. The van der Waals surface area contributed by atoms with E-state index in [-0.39, 0.29) is 5.69 Å². The second-order valence-electron chi connectivity index (χ2n) is 3.69. The van der Waals surface area contributed by atoms with Gasteiger partial charge >= 0.3 is 5.97 Å². The topological polar surface area (TPSA) is 92.5 Å². The van der Waals surface area contributed by atoms with Crippen LogP contribution >= 0.6 is 0 Å². The van der Waals surface area contributed by atoms with Crippen molar-refractivity contribution in [1.82, 2.24) is 5.32 Å². The van der Waals surface area contributed by atoms with Crippen LogP contribution in [0.4, 0.5) is 5.69 Å². The van der Waals surface area contributed by atoms with Gasteiger partial charge in [0.05, 0.1) is 4.92 Å². The molecule has 6 heteroatoms. The number of carbonyl (C=O) groups is 1. The number of fused-ring (bicyclic) bond motifs is 1. The molecule has 0 spiro atoms. The lowest BCUT2D eigenvalue weighted by molar-refractivity contribution is -0.384. The van der Waals surface area contributed by atoms with Gasteiger partial charge in [-0.05, 0) is 17.5 Å². The molecule has 1 heterocycles. The first-order valence-corrected chi connectivity index (χ1v) is 4.80. The van der Waals surface area contributed by atoms with E-state index in [1.165, 1.54) is 12.1 Å². The number of hydrogen-bond donors (Lipinski definition) is 2. The number of nitro benzene ring substituents is 1. The summed E-state index contributed by atoms with van der Waals surface area (Å²) in [5, 5.41) is 22.2. The second kappa shape index (κ2) is 3.90. The Hall–Kier alpha value is -1.95. The Morgan fingerprint density at radius 1 is 1.50 bits per heavy atom. The largest absolute Gasteiger partial charge is 0.480 e. The molecule has 0 bridgehead atoms. The highest BCUT2D eigenvalue weighted by atomic mass is 16.6. The molecule has 0 aliphatic carbocycles. The van der Waals surface area contributed by atoms with E-state index in [1.54, 1.807) is 6.07 Å². The molecule has 2 rings (SSSR count). The van der Waals surface area contributed by atoms with Gasteiger partial charge in [0.1, 0.15) is 6.04 Å². The lowest BCUT2D eigenvalue weighted by Crippen LogP contribution is -2.41. The van der Waals surface area contributed by atoms with Crippen LogP contribution in [-0.4, -0.2) is 22.0 Å². The number of nitrogens with zero attached hydrogens (tertiary/aromatic N) is 1. The summed E-state index contributed by atoms with van der Waals surface area (Å²) >= 11 is 0. The van der Waals surface area contributed by atoms with Crippen molar-refractivity contribution in [3.8, 4) is 0 Å². The number of rotatable bonds is 2. The number of carboxylic acids is 1. The first kappa shape index (κ1) is 10.6. The van der Waals surface area contributed by atoms with Crippen LogP contribution in [0.5, 0.6) is 0 Å². The number of nitrogens with one attached hydrogen (secondary N) is 1. The van der Waals surface area contributed by atoms with Crippen molar-refractivity contribution in [3.63, 3.8) is 0 Å². The Balaban J connectivity index is 2.29. The molecule has 1 aliphatic heterocycles. The number of nitro groups is 1. The highest BCUT2D eigenvalue weighted by Gasteiger charge is 2.24. The van der Waals surface area contributed by atoms with Gasteiger partial charge in [-0.15, -0.1) is 0 Å². The summed E-state index contributed by atoms with van der Waals surface area (Å²) in [6.07, 6.45) is 0.364. The Morgan fingerprint density at radius 2 is 2.25 bits per heavy atom. The molecule has 0 amide bonds. The molecule has 0 aromatic heterocycles. The van der Waals surface area contributed by atoms with Gasteiger partial charge in [-0.2, -0.15) is 0 Å². The summed E-state index contributed by atoms with van der Waals surface area (Å²) < 4.78 is 0. The van der Waals surface area contributed by atoms with Crippen LogP contribution in [0.1, 0.15) is 11.1 Å². The first-order valence-electron chi connectivity index (χ1n) is 4.80. The maximum Gasteiger partial charge on any atom is 0.321 e. The van der Waals surface area contributed by atoms with E-state index in [0.717, 1.165) is 11.1 Å². The van der Waals surface area contributed by atoms with E-state index >= 15 is 0 Å². The summed E-state index contributed by atoms with van der Waals surface area (Å²) in [6, 6.07) is 3.92. The molecule has 6 nitrogen and oxygen atoms in total. The molecule has 1 atom stereocenters. The molecule has 0 saturated carbocycles. The van der Waals surface area contributed by atoms with E-state index < -0.39 is 16.9 Å². The standard InChI is InChI=1S/C10H10N2O4/c13-10(14)9-4-6-1-2-8(12(15)16)3-7(6)5-11-9/h1-3,9,11H,4-5H2,(H,13,14)/t9-/m1/s1. The van der Waals surface area contributed by atoms with Crippen LogP contribution in [0.25, 0.3) is 0 Å². The van der Waals surface area contributed by atoms with E-state index in [0.29, 0.717) is 13.0 Å². The number of benzene rings is 1. The fraction of sp³-hybridized carbons (Fsp3) is 0.300. The smallest absolute Gasteiger partial charge is 0.321 e. The molecule has 0 radical (unpaired) electrons. The van der Waals surface area contributed by atoms with Gasteiger partial charge in [0.15, 0.2) is 0 Å². The minimum Gasteiger partial charge on any atom is -0.480 e. The van der Waals surface area contributed by atoms with Crippen molar-refractivity contribution in [3.05, 3.63) is 39.4 Å². The lowest BCUT2D eigenvalue weighted by atomic mass is 9.95. The quantitative estimate of drug-likeness (QED) is 0.567. The molecule has 0 unspecified atom stereocenters. The minimum atomic E-state index is -0.899. The average molecular weight is 222 g/mol. The summed E-state index contributed by atoms with van der Waals surface area (Å²) in [7, 11) is 0. The third kappa shape index (κ3) is 1.87. The van der Waals surface area contributed by atoms with Gasteiger partial charge in [-0.1, -0.05) is 6.07 Å². The highest BCUT2D eigenvalue weighted by molar-refractivity contribution is 5.74. The maximum absolute atomic E-state index is 10.8. The van der Waals surface area contributed by atoms with Crippen molar-refractivity contribution >= 4 is 11.7 Å². The van der Waals surface area contributed by atoms with Gasteiger partial charge in [0.2, 0.25) is 0 Å². The second-order valence-corrected chi connectivity index (χ2v) is 3.69. The van der Waals surface area contributed by atoms with Crippen LogP contribution in [0.2, 0.25) is 0 Å². The van der Waals surface area contributed by atoms with Crippen molar-refractivity contribution < 1.29 is 14.8 Å². The zero-order valence-electron chi connectivity index (χ0n) is 8.34. The number of carboxylic acid groups (broad SMARTS) is 1. The van der Waals surface area contributed by atoms with Crippen molar-refractivity contribution in [1.29, 1.82) is 0 Å². The average Bonchev–Trinajstić information content (AvgIpc) is 2.27. The predicted molar refractivity (Wildman–Crippen MR) is 55.1 cm³/mol. The lowest BCUT2D eigenvalue weighted by Gasteiger charge is -2.22. The third-order valence-electron chi connectivity index (χ3n) is 2.66. The molecule has 1 aromatic rings. The summed E-state index contributed by atoms with van der Waals surface area (Å²) in [5.74, 6) is -0.899. The Kier molecular flexibility index (Phi) is 2.57.